The van der Waals surface area contributed by atoms with Crippen LogP contribution in [0.2, 0.25) is 18.1 Å². The predicted octanol–water partition coefficient (Wildman–Crippen LogP) is 4.30. The lowest BCUT2D eigenvalue weighted by Gasteiger charge is -2.38. The maximum absolute atomic E-state index is 12.5. The first-order chi connectivity index (χ1) is 7.08. The summed E-state index contributed by atoms with van der Waals surface area (Å²) >= 11 is 0. The molecule has 3 nitrogen and oxygen atoms in total. The minimum absolute atomic E-state index is 0.205. The molecule has 0 aromatic heterocycles. The summed E-state index contributed by atoms with van der Waals surface area (Å²) in [6.07, 6.45) is 0. The summed E-state index contributed by atoms with van der Waals surface area (Å²) in [5, 5.41) is 0.205. The molecule has 0 saturated carbocycles. The average Bonchev–Trinajstić information content (AvgIpc) is 2.00. The van der Waals surface area contributed by atoms with E-state index in [9.17, 15) is 4.57 Å². The molecule has 16 heavy (non-hydrogen) atoms. The molecule has 0 rings (SSSR count). The molecule has 0 atom stereocenters. The van der Waals surface area contributed by atoms with Crippen molar-refractivity contribution in [2.75, 3.05) is 19.0 Å². The second kappa shape index (κ2) is 5.81. The smallest absolute Gasteiger partial charge is 0.309 e. The Morgan fingerprint density at radius 2 is 1.44 bits per heavy atom. The Hall–Kier alpha value is 0.367. The summed E-state index contributed by atoms with van der Waals surface area (Å²) in [6, 6.07) is 0. The fourth-order valence-corrected chi connectivity index (χ4v) is 8.61. The van der Waals surface area contributed by atoms with Crippen LogP contribution < -0.4 is 0 Å². The summed E-state index contributed by atoms with van der Waals surface area (Å²) in [7, 11) is -4.50. The first kappa shape index (κ1) is 16.4. The quantitative estimate of drug-likeness (QED) is 0.531. The van der Waals surface area contributed by atoms with Crippen LogP contribution in [0.15, 0.2) is 0 Å². The van der Waals surface area contributed by atoms with Gasteiger partial charge in [-0.2, -0.15) is 0 Å². The Morgan fingerprint density at radius 1 is 1.06 bits per heavy atom. The Bertz CT molecular complexity index is 248. The molecular weight excluding hydrogens is 239 g/mol. The molecule has 0 aromatic carbocycles. The first-order valence-corrected chi connectivity index (χ1v) is 10.9. The van der Waals surface area contributed by atoms with Crippen LogP contribution in [0.1, 0.15) is 34.6 Å². The van der Waals surface area contributed by atoms with Gasteiger partial charge in [0, 0.05) is 5.79 Å². The first-order valence-electron chi connectivity index (χ1n) is 5.96. The van der Waals surface area contributed by atoms with Crippen LogP contribution in [0.25, 0.3) is 0 Å². The lowest BCUT2D eigenvalue weighted by atomic mass is 10.2. The zero-order valence-electron chi connectivity index (χ0n) is 11.8. The van der Waals surface area contributed by atoms with E-state index < -0.39 is 15.7 Å². The van der Waals surface area contributed by atoms with Crippen molar-refractivity contribution < 1.29 is 13.6 Å². The summed E-state index contributed by atoms with van der Waals surface area (Å²) < 4.78 is 23.2. The van der Waals surface area contributed by atoms with Crippen molar-refractivity contribution >= 4 is 15.7 Å². The van der Waals surface area contributed by atoms with Gasteiger partial charge in [0.25, 0.3) is 0 Å². The third-order valence-electron chi connectivity index (χ3n) is 3.27. The van der Waals surface area contributed by atoms with Crippen molar-refractivity contribution in [3.05, 3.63) is 0 Å². The van der Waals surface area contributed by atoms with E-state index in [-0.39, 0.29) is 5.04 Å². The fraction of sp³-hybridized carbons (Fsp3) is 1.00. The van der Waals surface area contributed by atoms with Gasteiger partial charge in [-0.1, -0.05) is 33.9 Å². The van der Waals surface area contributed by atoms with Crippen molar-refractivity contribution in [1.29, 1.82) is 0 Å². The van der Waals surface area contributed by atoms with Crippen molar-refractivity contribution in [2.45, 2.75) is 52.8 Å². The van der Waals surface area contributed by atoms with Crippen molar-refractivity contribution in [3.63, 3.8) is 0 Å². The molecule has 0 radical (unpaired) electrons. The van der Waals surface area contributed by atoms with Gasteiger partial charge < -0.3 is 9.05 Å². The van der Waals surface area contributed by atoms with Gasteiger partial charge in [0.1, 0.15) is 0 Å². The molecule has 0 heterocycles. The molecule has 0 aliphatic carbocycles. The summed E-state index contributed by atoms with van der Waals surface area (Å²) in [5.74, 6) is 0.602. The molecule has 0 aromatic rings. The molecular formula is C11H27O3PSi. The van der Waals surface area contributed by atoms with Crippen molar-refractivity contribution in [3.8, 4) is 0 Å². The summed E-state index contributed by atoms with van der Waals surface area (Å²) in [5.41, 5.74) is 0. The maximum Gasteiger partial charge on any atom is 0.328 e. The van der Waals surface area contributed by atoms with E-state index in [0.29, 0.717) is 19.0 Å². The summed E-state index contributed by atoms with van der Waals surface area (Å²) in [4.78, 5) is 0. The number of rotatable bonds is 6. The van der Waals surface area contributed by atoms with Crippen LogP contribution in [0.3, 0.4) is 0 Å². The average molecular weight is 266 g/mol. The monoisotopic (exact) mass is 266 g/mol. The molecule has 0 bridgehead atoms. The fourth-order valence-electron chi connectivity index (χ4n) is 1.24. The number of hydrogen-bond donors (Lipinski definition) is 0. The van der Waals surface area contributed by atoms with Crippen molar-refractivity contribution in [1.82, 2.24) is 0 Å². The second-order valence-electron chi connectivity index (χ2n) is 5.74. The third kappa shape index (κ3) is 4.70. The minimum atomic E-state index is -2.88. The third-order valence-corrected chi connectivity index (χ3v) is 13.3. The van der Waals surface area contributed by atoms with E-state index in [0.717, 1.165) is 0 Å². The molecule has 5 heteroatoms. The Labute approximate surface area is 101 Å². The molecule has 0 saturated heterocycles. The van der Waals surface area contributed by atoms with Gasteiger partial charge in [-0.05, 0) is 18.9 Å². The normalized spacial score (nSPS) is 14.2. The van der Waals surface area contributed by atoms with E-state index in [4.69, 9.17) is 9.05 Å². The lowest BCUT2D eigenvalue weighted by Crippen LogP contribution is -2.41. The van der Waals surface area contributed by atoms with E-state index in [1.54, 1.807) is 0 Å². The Kier molecular flexibility index (Phi) is 5.94. The molecule has 0 amide bonds. The Morgan fingerprint density at radius 3 is 1.69 bits per heavy atom. The number of hydrogen-bond acceptors (Lipinski definition) is 3. The molecule has 98 valence electrons. The van der Waals surface area contributed by atoms with Crippen LogP contribution in [0.4, 0.5) is 0 Å². The zero-order valence-corrected chi connectivity index (χ0v) is 13.7. The van der Waals surface area contributed by atoms with Gasteiger partial charge in [-0.15, -0.1) is 0 Å². The molecule has 0 aliphatic heterocycles. The largest absolute Gasteiger partial charge is 0.328 e. The Balaban J connectivity index is 4.82. The highest BCUT2D eigenvalue weighted by Crippen LogP contribution is 2.53. The highest BCUT2D eigenvalue weighted by molar-refractivity contribution is 7.57. The van der Waals surface area contributed by atoms with E-state index in [2.05, 4.69) is 33.9 Å². The lowest BCUT2D eigenvalue weighted by molar-refractivity contribution is 0.223. The minimum Gasteiger partial charge on any atom is -0.309 e. The van der Waals surface area contributed by atoms with Gasteiger partial charge in [0.05, 0.1) is 21.3 Å². The maximum atomic E-state index is 12.5. The van der Waals surface area contributed by atoms with E-state index in [1.165, 1.54) is 0 Å². The van der Waals surface area contributed by atoms with Gasteiger partial charge >= 0.3 is 7.60 Å². The van der Waals surface area contributed by atoms with Gasteiger partial charge in [0.2, 0.25) is 0 Å². The highest BCUT2D eigenvalue weighted by Gasteiger charge is 2.42. The SMILES string of the molecule is CCOP(=O)(C[Si](C)(C)C(C)(C)C)OCC. The summed E-state index contributed by atoms with van der Waals surface area (Å²) in [6.45, 7) is 15.7. The van der Waals surface area contributed by atoms with E-state index in [1.807, 2.05) is 13.8 Å². The molecule has 0 spiro atoms. The standard InChI is InChI=1S/C11H27O3PSi/c1-8-13-15(12,14-9-2)10-16(6,7)11(3,4)5/h8-10H2,1-7H3. The van der Waals surface area contributed by atoms with Crippen LogP contribution in [-0.4, -0.2) is 27.1 Å². The van der Waals surface area contributed by atoms with Gasteiger partial charge in [0.15, 0.2) is 0 Å². The van der Waals surface area contributed by atoms with Crippen LogP contribution >= 0.6 is 7.60 Å². The predicted molar refractivity (Wildman–Crippen MR) is 72.9 cm³/mol. The second-order valence-corrected chi connectivity index (χ2v) is 14.0. The molecule has 0 unspecified atom stereocenters. The van der Waals surface area contributed by atoms with Crippen molar-refractivity contribution in [2.24, 2.45) is 0 Å². The van der Waals surface area contributed by atoms with Crippen LogP contribution in [0, 0.1) is 0 Å². The van der Waals surface area contributed by atoms with E-state index >= 15 is 0 Å². The molecule has 0 fully saturated rings. The zero-order chi connectivity index (χ0) is 13.0. The highest BCUT2D eigenvalue weighted by atomic mass is 31.2. The topological polar surface area (TPSA) is 35.5 Å². The molecule has 0 N–H and O–H groups in total. The van der Waals surface area contributed by atoms with Gasteiger partial charge in [-0.3, -0.25) is 4.57 Å². The van der Waals surface area contributed by atoms with Crippen LogP contribution in [-0.2, 0) is 13.6 Å². The van der Waals surface area contributed by atoms with Crippen LogP contribution in [0.5, 0.6) is 0 Å². The van der Waals surface area contributed by atoms with Gasteiger partial charge in [-0.25, -0.2) is 0 Å². The molecule has 0 aliphatic rings.